The van der Waals surface area contributed by atoms with Crippen molar-refractivity contribution in [2.45, 2.75) is 75.4 Å². The van der Waals surface area contributed by atoms with Gasteiger partial charge in [-0.05, 0) is 45.1 Å². The second-order valence-electron chi connectivity index (χ2n) is 6.84. The molecule has 3 heteroatoms. The highest BCUT2D eigenvalue weighted by atomic mass is 15.2. The largest absolute Gasteiger partial charge is 0.325 e. The van der Waals surface area contributed by atoms with E-state index in [1.165, 1.54) is 70.9 Å². The molecule has 1 saturated heterocycles. The number of nitrogens with zero attached hydrogens (tertiary/aromatic N) is 1. The van der Waals surface area contributed by atoms with Crippen LogP contribution in [0.4, 0.5) is 0 Å². The van der Waals surface area contributed by atoms with E-state index in [1.807, 2.05) is 0 Å². The molecule has 0 aromatic rings. The van der Waals surface area contributed by atoms with E-state index in [9.17, 15) is 0 Å². The summed E-state index contributed by atoms with van der Waals surface area (Å²) in [6.07, 6.45) is 12.0. The van der Waals surface area contributed by atoms with Gasteiger partial charge in [-0.25, -0.2) is 0 Å². The average Bonchev–Trinajstić information content (AvgIpc) is 3.11. The van der Waals surface area contributed by atoms with E-state index >= 15 is 0 Å². The summed E-state index contributed by atoms with van der Waals surface area (Å²) in [4.78, 5) is 2.68. The maximum Gasteiger partial charge on any atom is 0.0207 e. The van der Waals surface area contributed by atoms with E-state index in [0.29, 0.717) is 0 Å². The number of hydrogen-bond donors (Lipinski definition) is 2. The first kappa shape index (κ1) is 12.9. The van der Waals surface area contributed by atoms with Crippen molar-refractivity contribution < 1.29 is 0 Å². The van der Waals surface area contributed by atoms with Crippen molar-refractivity contribution in [3.63, 3.8) is 0 Å². The minimum absolute atomic E-state index is 0.153. The lowest BCUT2D eigenvalue weighted by molar-refractivity contribution is 0.268. The van der Waals surface area contributed by atoms with Crippen LogP contribution in [-0.4, -0.2) is 42.2 Å². The lowest BCUT2D eigenvalue weighted by Crippen LogP contribution is -2.45. The van der Waals surface area contributed by atoms with Gasteiger partial charge in [-0.3, -0.25) is 4.90 Å². The van der Waals surface area contributed by atoms with E-state index in [-0.39, 0.29) is 5.54 Å². The van der Waals surface area contributed by atoms with Crippen molar-refractivity contribution in [1.82, 2.24) is 10.2 Å². The molecule has 1 aliphatic heterocycles. The molecule has 0 aromatic carbocycles. The fourth-order valence-electron chi connectivity index (χ4n) is 3.76. The highest BCUT2D eigenvalue weighted by Crippen LogP contribution is 2.30. The Morgan fingerprint density at radius 1 is 1.11 bits per heavy atom. The van der Waals surface area contributed by atoms with Crippen LogP contribution in [0.2, 0.25) is 0 Å². The molecule has 3 N–H and O–H groups in total. The van der Waals surface area contributed by atoms with Crippen molar-refractivity contribution in [2.75, 3.05) is 19.6 Å². The number of likely N-dealkylation sites (tertiary alicyclic amines) is 1. The molecule has 0 radical (unpaired) electrons. The third-order valence-electron chi connectivity index (χ3n) is 5.19. The first-order valence-corrected chi connectivity index (χ1v) is 8.02. The van der Waals surface area contributed by atoms with Gasteiger partial charge in [0.15, 0.2) is 0 Å². The van der Waals surface area contributed by atoms with E-state index in [1.54, 1.807) is 0 Å². The fraction of sp³-hybridized carbons (Fsp3) is 1.00. The van der Waals surface area contributed by atoms with Crippen LogP contribution in [0.3, 0.4) is 0 Å². The Labute approximate surface area is 111 Å². The quantitative estimate of drug-likeness (QED) is 0.784. The van der Waals surface area contributed by atoms with Crippen LogP contribution in [0.1, 0.15) is 57.8 Å². The second-order valence-corrected chi connectivity index (χ2v) is 6.84. The molecule has 0 aromatic heterocycles. The van der Waals surface area contributed by atoms with Gasteiger partial charge in [0, 0.05) is 30.7 Å². The second kappa shape index (κ2) is 5.48. The predicted molar refractivity (Wildman–Crippen MR) is 75.6 cm³/mol. The van der Waals surface area contributed by atoms with Gasteiger partial charge in [-0.1, -0.05) is 19.3 Å². The van der Waals surface area contributed by atoms with Crippen LogP contribution in [0.15, 0.2) is 0 Å². The summed E-state index contributed by atoms with van der Waals surface area (Å²) < 4.78 is 0. The normalized spacial score (nSPS) is 32.8. The highest BCUT2D eigenvalue weighted by Gasteiger charge is 2.34. The maximum atomic E-state index is 6.48. The molecule has 18 heavy (non-hydrogen) atoms. The zero-order valence-electron chi connectivity index (χ0n) is 11.7. The van der Waals surface area contributed by atoms with Crippen molar-refractivity contribution >= 4 is 0 Å². The summed E-state index contributed by atoms with van der Waals surface area (Å²) in [5.41, 5.74) is 6.63. The molecule has 104 valence electrons. The average molecular weight is 251 g/mol. The van der Waals surface area contributed by atoms with Gasteiger partial charge in [0.05, 0.1) is 0 Å². The number of rotatable bonds is 5. The molecular formula is C15H29N3. The van der Waals surface area contributed by atoms with Gasteiger partial charge < -0.3 is 11.1 Å². The van der Waals surface area contributed by atoms with Crippen LogP contribution in [0.25, 0.3) is 0 Å². The Hall–Kier alpha value is -0.120. The molecule has 3 aliphatic rings. The first-order chi connectivity index (χ1) is 8.75. The summed E-state index contributed by atoms with van der Waals surface area (Å²) in [6, 6.07) is 1.67. The third-order valence-corrected chi connectivity index (χ3v) is 5.19. The number of hydrogen-bond acceptors (Lipinski definition) is 3. The highest BCUT2D eigenvalue weighted by molar-refractivity contribution is 4.93. The van der Waals surface area contributed by atoms with Gasteiger partial charge >= 0.3 is 0 Å². The first-order valence-electron chi connectivity index (χ1n) is 8.02. The molecule has 3 rings (SSSR count). The molecule has 2 saturated carbocycles. The Morgan fingerprint density at radius 3 is 2.61 bits per heavy atom. The van der Waals surface area contributed by atoms with Gasteiger partial charge in [-0.2, -0.15) is 0 Å². The predicted octanol–water partition coefficient (Wildman–Crippen LogP) is 1.86. The molecule has 2 aliphatic carbocycles. The Bertz CT molecular complexity index is 269. The molecular weight excluding hydrogens is 222 g/mol. The van der Waals surface area contributed by atoms with Crippen LogP contribution in [0.5, 0.6) is 0 Å². The Balaban J connectivity index is 1.34. The molecule has 1 atom stereocenters. The van der Waals surface area contributed by atoms with Gasteiger partial charge in [-0.15, -0.1) is 0 Å². The number of nitrogens with one attached hydrogen (secondary N) is 1. The van der Waals surface area contributed by atoms with Crippen LogP contribution < -0.4 is 11.1 Å². The van der Waals surface area contributed by atoms with Crippen molar-refractivity contribution in [3.05, 3.63) is 0 Å². The molecule has 3 fully saturated rings. The van der Waals surface area contributed by atoms with Gasteiger partial charge in [0.25, 0.3) is 0 Å². The van der Waals surface area contributed by atoms with Gasteiger partial charge in [0.2, 0.25) is 0 Å². The molecule has 0 bridgehead atoms. The third kappa shape index (κ3) is 3.25. The zero-order valence-corrected chi connectivity index (χ0v) is 11.7. The minimum Gasteiger partial charge on any atom is -0.325 e. The summed E-state index contributed by atoms with van der Waals surface area (Å²) in [5.74, 6) is 0. The molecule has 1 heterocycles. The van der Waals surface area contributed by atoms with Crippen molar-refractivity contribution in [1.29, 1.82) is 0 Å². The molecule has 3 nitrogen and oxygen atoms in total. The summed E-state index contributed by atoms with van der Waals surface area (Å²) in [7, 11) is 0. The Kier molecular flexibility index (Phi) is 3.92. The van der Waals surface area contributed by atoms with E-state index in [4.69, 9.17) is 5.73 Å². The maximum absolute atomic E-state index is 6.48. The summed E-state index contributed by atoms with van der Waals surface area (Å²) in [5, 5.41) is 3.75. The SMILES string of the molecule is NC1(CCNC2CCN(C3CC3)C2)CCCCC1. The molecule has 0 amide bonds. The monoisotopic (exact) mass is 251 g/mol. The van der Waals surface area contributed by atoms with Crippen LogP contribution >= 0.6 is 0 Å². The number of nitrogens with two attached hydrogens (primary N) is 1. The molecule has 1 unspecified atom stereocenters. The van der Waals surface area contributed by atoms with Crippen molar-refractivity contribution in [2.24, 2.45) is 5.73 Å². The lowest BCUT2D eigenvalue weighted by Gasteiger charge is -2.34. The topological polar surface area (TPSA) is 41.3 Å². The Morgan fingerprint density at radius 2 is 1.89 bits per heavy atom. The lowest BCUT2D eigenvalue weighted by atomic mass is 9.80. The van der Waals surface area contributed by atoms with Crippen LogP contribution in [0, 0.1) is 0 Å². The zero-order chi connectivity index (χ0) is 12.4. The van der Waals surface area contributed by atoms with E-state index in [0.717, 1.165) is 18.6 Å². The smallest absolute Gasteiger partial charge is 0.0207 e. The summed E-state index contributed by atoms with van der Waals surface area (Å²) >= 11 is 0. The van der Waals surface area contributed by atoms with Crippen LogP contribution in [-0.2, 0) is 0 Å². The van der Waals surface area contributed by atoms with E-state index in [2.05, 4.69) is 10.2 Å². The standard InChI is InChI=1S/C15H29N3/c16-15(7-2-1-3-8-15)9-10-17-13-6-11-18(12-13)14-4-5-14/h13-14,17H,1-12,16H2. The summed E-state index contributed by atoms with van der Waals surface area (Å²) in [6.45, 7) is 3.72. The minimum atomic E-state index is 0.153. The van der Waals surface area contributed by atoms with Gasteiger partial charge in [0.1, 0.15) is 0 Å². The van der Waals surface area contributed by atoms with E-state index < -0.39 is 0 Å². The fourth-order valence-corrected chi connectivity index (χ4v) is 3.76. The molecule has 0 spiro atoms. The van der Waals surface area contributed by atoms with Crippen molar-refractivity contribution in [3.8, 4) is 0 Å².